The Balaban J connectivity index is 1.51. The molecule has 16 nitrogen and oxygen atoms in total. The molecule has 0 heterocycles. The molecule has 0 bridgehead atoms. The third-order valence-corrected chi connectivity index (χ3v) is 12.3. The van der Waals surface area contributed by atoms with Gasteiger partial charge in [-0.15, -0.1) is 0 Å². The van der Waals surface area contributed by atoms with Crippen molar-refractivity contribution < 1.29 is 43.4 Å². The van der Waals surface area contributed by atoms with Gasteiger partial charge in [-0.05, 0) is 105 Å². The predicted octanol–water partition coefficient (Wildman–Crippen LogP) is 4.36. The monoisotopic (exact) mass is 940 g/mol. The van der Waals surface area contributed by atoms with Gasteiger partial charge in [0.15, 0.2) is 12.4 Å². The van der Waals surface area contributed by atoms with E-state index in [2.05, 4.69) is 26.6 Å². The Hall–Kier alpha value is -6.13. The number of benzene rings is 3. The zero-order chi connectivity index (χ0) is 49.6. The van der Waals surface area contributed by atoms with Gasteiger partial charge in [0.25, 0.3) is 0 Å². The van der Waals surface area contributed by atoms with Crippen LogP contribution in [0.5, 0.6) is 5.75 Å². The lowest BCUT2D eigenvalue weighted by Crippen LogP contribution is -2.59. The Morgan fingerprint density at radius 3 is 1.69 bits per heavy atom. The van der Waals surface area contributed by atoms with Gasteiger partial charge in [0.05, 0.1) is 6.04 Å². The summed E-state index contributed by atoms with van der Waals surface area (Å²) in [7, 11) is 0. The van der Waals surface area contributed by atoms with E-state index in [-0.39, 0.29) is 50.5 Å². The van der Waals surface area contributed by atoms with E-state index in [1.165, 1.54) is 6.92 Å². The Morgan fingerprint density at radius 2 is 1.12 bits per heavy atom. The van der Waals surface area contributed by atoms with Crippen molar-refractivity contribution in [2.45, 2.75) is 135 Å². The van der Waals surface area contributed by atoms with Crippen LogP contribution >= 0.6 is 0 Å². The summed E-state index contributed by atoms with van der Waals surface area (Å²) in [6, 6.07) is 19.1. The highest BCUT2D eigenvalue weighted by atomic mass is 16.5. The van der Waals surface area contributed by atoms with E-state index in [1.54, 1.807) is 31.2 Å². The number of carboxylic acids is 1. The predicted molar refractivity (Wildman–Crippen MR) is 261 cm³/mol. The third kappa shape index (κ3) is 18.5. The Kier molecular flexibility index (Phi) is 22.6. The summed E-state index contributed by atoms with van der Waals surface area (Å²) in [6.45, 7) is 6.71. The summed E-state index contributed by atoms with van der Waals surface area (Å²) in [6.07, 6.45) is 6.97. The lowest BCUT2D eigenvalue weighted by atomic mass is 9.84. The molecular weight excluding hydrogens is 867 g/mol. The summed E-state index contributed by atoms with van der Waals surface area (Å²) in [5.41, 5.74) is 15.4. The number of nitrogens with two attached hydrogens (primary N) is 2. The Labute approximate surface area is 400 Å². The van der Waals surface area contributed by atoms with Crippen molar-refractivity contribution in [3.05, 3.63) is 90.0 Å². The van der Waals surface area contributed by atoms with E-state index in [9.17, 15) is 33.6 Å². The van der Waals surface area contributed by atoms with Crippen LogP contribution < -0.4 is 42.8 Å². The van der Waals surface area contributed by atoms with E-state index >= 15 is 0 Å². The Bertz CT molecular complexity index is 2090. The van der Waals surface area contributed by atoms with E-state index in [0.717, 1.165) is 48.8 Å². The van der Waals surface area contributed by atoms with Gasteiger partial charge in [0.1, 0.15) is 29.9 Å². The first-order chi connectivity index (χ1) is 32.6. The SMILES string of the molecule is CC(=O)[C@H](CC1CCCCC1)NC(=O)[C@H](CCN)NC(=O)[C@@H](CC(C)C)NC(=O)[C@H](CCCN)NC(=O)[C@H](Cc1ccc(OCC(=O)O)cc1)NC(=O)[C@@H](C)Cc1ccc(-c2ccccc2)cc1. The summed E-state index contributed by atoms with van der Waals surface area (Å²) in [4.78, 5) is 93.7. The maximum atomic E-state index is 14.3. The van der Waals surface area contributed by atoms with Crippen LogP contribution in [0.15, 0.2) is 78.9 Å². The second-order valence-electron chi connectivity index (χ2n) is 18.5. The van der Waals surface area contributed by atoms with Gasteiger partial charge < -0.3 is 47.9 Å². The smallest absolute Gasteiger partial charge is 0.341 e. The second-order valence-corrected chi connectivity index (χ2v) is 18.5. The average molecular weight is 940 g/mol. The van der Waals surface area contributed by atoms with Crippen molar-refractivity contribution in [2.24, 2.45) is 29.2 Å². The van der Waals surface area contributed by atoms with Gasteiger partial charge in [-0.3, -0.25) is 28.8 Å². The van der Waals surface area contributed by atoms with Crippen LogP contribution in [0.4, 0.5) is 0 Å². The lowest BCUT2D eigenvalue weighted by molar-refractivity contribution is -0.139. The van der Waals surface area contributed by atoms with Crippen molar-refractivity contribution in [1.29, 1.82) is 0 Å². The molecule has 10 N–H and O–H groups in total. The largest absolute Gasteiger partial charge is 0.482 e. The number of carbonyl (C=O) groups is 7. The van der Waals surface area contributed by atoms with Gasteiger partial charge in [-0.25, -0.2) is 4.79 Å². The molecule has 16 heteroatoms. The van der Waals surface area contributed by atoms with Crippen LogP contribution in [0.2, 0.25) is 0 Å². The molecule has 1 fully saturated rings. The van der Waals surface area contributed by atoms with Crippen LogP contribution in [0.25, 0.3) is 11.1 Å². The number of aliphatic carboxylic acids is 1. The fourth-order valence-electron chi connectivity index (χ4n) is 8.44. The maximum absolute atomic E-state index is 14.3. The van der Waals surface area contributed by atoms with E-state index in [1.807, 2.05) is 68.4 Å². The minimum atomic E-state index is -1.17. The molecule has 0 spiro atoms. The summed E-state index contributed by atoms with van der Waals surface area (Å²) in [5, 5.41) is 23.2. The second kappa shape index (κ2) is 28.3. The summed E-state index contributed by atoms with van der Waals surface area (Å²) >= 11 is 0. The van der Waals surface area contributed by atoms with Crippen molar-refractivity contribution in [2.75, 3.05) is 19.7 Å². The normalized spacial score (nSPS) is 15.4. The first kappa shape index (κ1) is 54.5. The summed E-state index contributed by atoms with van der Waals surface area (Å²) in [5.74, 6) is -4.18. The average Bonchev–Trinajstić information content (AvgIpc) is 3.32. The number of ether oxygens (including phenoxy) is 1. The molecule has 68 heavy (non-hydrogen) atoms. The van der Waals surface area contributed by atoms with Crippen molar-refractivity contribution in [3.63, 3.8) is 0 Å². The highest BCUT2D eigenvalue weighted by molar-refractivity contribution is 5.96. The van der Waals surface area contributed by atoms with Crippen LogP contribution in [-0.2, 0) is 46.4 Å². The van der Waals surface area contributed by atoms with E-state index in [0.29, 0.717) is 36.5 Å². The molecule has 1 aliphatic carbocycles. The number of carboxylic acid groups (broad SMARTS) is 1. The number of amides is 5. The van der Waals surface area contributed by atoms with Gasteiger partial charge in [0, 0.05) is 12.3 Å². The standard InChI is InChI=1S/C52H73N7O9/c1-33(2)28-45(51(66)56-43(25-27-54)50(65)57-44(35(4)60)30-36-12-7-5-8-13-36)59-49(64)42(16-11-26-53)55-52(67)46(31-38-19-23-41(24-20-38)68-32-47(61)62)58-48(63)34(3)29-37-17-21-40(22-18-37)39-14-9-6-10-15-39/h6,9-10,14-15,17-24,33-34,36,42-46H,5,7-8,11-13,16,25-32,53-54H2,1-4H3,(H,55,67)(H,56,66)(H,57,65)(H,58,63)(H,59,64)(H,61,62)/t34-,42-,43-,44-,45+,46-/m0/s1. The molecular formula is C52H73N7O9. The van der Waals surface area contributed by atoms with Gasteiger partial charge >= 0.3 is 5.97 Å². The number of hydrogen-bond donors (Lipinski definition) is 8. The van der Waals surface area contributed by atoms with Crippen molar-refractivity contribution >= 4 is 41.3 Å². The minimum absolute atomic E-state index is 0.00855. The molecule has 1 aliphatic rings. The molecule has 3 aromatic carbocycles. The number of Topliss-reactive ketones (excluding diaryl/α,β-unsaturated/α-hetero) is 1. The molecule has 0 aromatic heterocycles. The molecule has 5 amide bonds. The lowest BCUT2D eigenvalue weighted by Gasteiger charge is -2.29. The van der Waals surface area contributed by atoms with Crippen molar-refractivity contribution in [3.8, 4) is 16.9 Å². The summed E-state index contributed by atoms with van der Waals surface area (Å²) < 4.78 is 5.27. The topological polar surface area (TPSA) is 261 Å². The number of hydrogen-bond acceptors (Lipinski definition) is 10. The quantitative estimate of drug-likeness (QED) is 0.0508. The maximum Gasteiger partial charge on any atom is 0.341 e. The first-order valence-corrected chi connectivity index (χ1v) is 24.1. The number of nitrogens with one attached hydrogen (secondary N) is 5. The number of ketones is 1. The van der Waals surface area contributed by atoms with Gasteiger partial charge in [0.2, 0.25) is 29.5 Å². The minimum Gasteiger partial charge on any atom is -0.482 e. The van der Waals surface area contributed by atoms with Crippen LogP contribution in [0, 0.1) is 17.8 Å². The fraction of sp³-hybridized carbons (Fsp3) is 0.519. The zero-order valence-corrected chi connectivity index (χ0v) is 40.1. The molecule has 0 unspecified atom stereocenters. The van der Waals surface area contributed by atoms with Crippen LogP contribution in [0.1, 0.15) is 103 Å². The fourth-order valence-corrected chi connectivity index (χ4v) is 8.44. The molecule has 0 aliphatic heterocycles. The van der Waals surface area contributed by atoms with E-state index < -0.39 is 78.2 Å². The molecule has 1 saturated carbocycles. The molecule has 0 radical (unpaired) electrons. The highest BCUT2D eigenvalue weighted by Crippen LogP contribution is 2.28. The first-order valence-electron chi connectivity index (χ1n) is 24.1. The highest BCUT2D eigenvalue weighted by Gasteiger charge is 2.33. The Morgan fingerprint density at radius 1 is 0.603 bits per heavy atom. The zero-order valence-electron chi connectivity index (χ0n) is 40.1. The van der Waals surface area contributed by atoms with Crippen LogP contribution in [0.3, 0.4) is 0 Å². The molecule has 3 aromatic rings. The van der Waals surface area contributed by atoms with Gasteiger partial charge in [-0.1, -0.05) is 120 Å². The molecule has 4 rings (SSSR count). The van der Waals surface area contributed by atoms with E-state index in [4.69, 9.17) is 21.3 Å². The molecule has 0 saturated heterocycles. The number of carbonyl (C=O) groups excluding carboxylic acids is 6. The van der Waals surface area contributed by atoms with Gasteiger partial charge in [-0.2, -0.15) is 0 Å². The van der Waals surface area contributed by atoms with Crippen molar-refractivity contribution in [1.82, 2.24) is 26.6 Å². The number of rotatable bonds is 28. The van der Waals surface area contributed by atoms with Crippen LogP contribution in [-0.4, -0.2) is 96.3 Å². The third-order valence-electron chi connectivity index (χ3n) is 12.3. The molecule has 6 atom stereocenters. The molecule has 370 valence electrons.